The number of hydrogen-bond acceptors (Lipinski definition) is 4. The van der Waals surface area contributed by atoms with Gasteiger partial charge in [0.1, 0.15) is 0 Å². The van der Waals surface area contributed by atoms with Crippen molar-refractivity contribution in [1.82, 2.24) is 10.1 Å². The van der Waals surface area contributed by atoms with Gasteiger partial charge in [0.25, 0.3) is 0 Å². The highest BCUT2D eigenvalue weighted by atomic mass is 16.5. The van der Waals surface area contributed by atoms with Gasteiger partial charge in [-0.25, -0.2) is 0 Å². The van der Waals surface area contributed by atoms with Gasteiger partial charge in [-0.05, 0) is 19.8 Å². The maximum atomic E-state index is 10.7. The summed E-state index contributed by atoms with van der Waals surface area (Å²) in [4.78, 5) is 14.7. The number of rotatable bonds is 2. The van der Waals surface area contributed by atoms with Gasteiger partial charge in [-0.1, -0.05) is 5.16 Å². The first-order chi connectivity index (χ1) is 6.18. The number of carboxylic acids is 1. The zero-order valence-electron chi connectivity index (χ0n) is 7.23. The van der Waals surface area contributed by atoms with Crippen LogP contribution in [0.5, 0.6) is 0 Å². The molecule has 0 aromatic carbocycles. The number of nitrogens with zero attached hydrogens (tertiary/aromatic N) is 2. The molecule has 1 saturated carbocycles. The molecule has 5 heteroatoms. The summed E-state index contributed by atoms with van der Waals surface area (Å²) in [7, 11) is 0. The van der Waals surface area contributed by atoms with E-state index in [9.17, 15) is 4.79 Å². The fraction of sp³-hybridized carbons (Fsp3) is 0.625. The molecular weight excluding hydrogens is 172 g/mol. The second-order valence-electron chi connectivity index (χ2n) is 3.31. The van der Waals surface area contributed by atoms with E-state index in [-0.39, 0.29) is 11.8 Å². The first-order valence-corrected chi connectivity index (χ1v) is 4.21. The van der Waals surface area contributed by atoms with Crippen LogP contribution in [0.3, 0.4) is 0 Å². The molecule has 1 aliphatic carbocycles. The van der Waals surface area contributed by atoms with Crippen LogP contribution in [0.1, 0.15) is 30.5 Å². The van der Waals surface area contributed by atoms with Crippen LogP contribution in [0, 0.1) is 12.8 Å². The van der Waals surface area contributed by atoms with Gasteiger partial charge in [-0.2, -0.15) is 4.98 Å². The van der Waals surface area contributed by atoms with Gasteiger partial charge in [0.05, 0.1) is 11.8 Å². The molecule has 0 amide bonds. The van der Waals surface area contributed by atoms with Crippen LogP contribution in [0.2, 0.25) is 0 Å². The molecule has 0 aliphatic heterocycles. The van der Waals surface area contributed by atoms with Gasteiger partial charge in [-0.3, -0.25) is 4.79 Å². The van der Waals surface area contributed by atoms with E-state index in [1.54, 1.807) is 6.92 Å². The Morgan fingerprint density at radius 3 is 2.77 bits per heavy atom. The van der Waals surface area contributed by atoms with E-state index in [1.165, 1.54) is 0 Å². The molecule has 5 nitrogen and oxygen atoms in total. The summed E-state index contributed by atoms with van der Waals surface area (Å²) < 4.78 is 4.92. The van der Waals surface area contributed by atoms with E-state index in [1.807, 2.05) is 0 Å². The van der Waals surface area contributed by atoms with Crippen molar-refractivity contribution in [3.05, 3.63) is 11.7 Å². The van der Waals surface area contributed by atoms with Crippen LogP contribution in [0.15, 0.2) is 4.52 Å². The van der Waals surface area contributed by atoms with Gasteiger partial charge in [-0.15, -0.1) is 0 Å². The van der Waals surface area contributed by atoms with E-state index in [4.69, 9.17) is 9.63 Å². The number of aryl methyl sites for hydroxylation is 1. The predicted molar refractivity (Wildman–Crippen MR) is 42.1 cm³/mol. The Kier molecular flexibility index (Phi) is 1.79. The molecule has 0 bridgehead atoms. The van der Waals surface area contributed by atoms with Crippen molar-refractivity contribution in [2.45, 2.75) is 25.7 Å². The molecule has 2 atom stereocenters. The van der Waals surface area contributed by atoms with Crippen molar-refractivity contribution in [3.8, 4) is 0 Å². The lowest BCUT2D eigenvalue weighted by atomic mass is 9.73. The third-order valence-corrected chi connectivity index (χ3v) is 2.45. The van der Waals surface area contributed by atoms with Crippen LogP contribution < -0.4 is 0 Å². The Morgan fingerprint density at radius 1 is 1.62 bits per heavy atom. The largest absolute Gasteiger partial charge is 0.481 e. The highest BCUT2D eigenvalue weighted by Gasteiger charge is 2.40. The lowest BCUT2D eigenvalue weighted by Gasteiger charge is -2.29. The molecule has 0 spiro atoms. The molecule has 1 heterocycles. The second-order valence-corrected chi connectivity index (χ2v) is 3.31. The molecule has 1 aromatic rings. The van der Waals surface area contributed by atoms with E-state index in [0.717, 1.165) is 6.42 Å². The van der Waals surface area contributed by atoms with Crippen LogP contribution in [0.4, 0.5) is 0 Å². The quantitative estimate of drug-likeness (QED) is 0.737. The molecule has 1 N–H and O–H groups in total. The molecule has 2 rings (SSSR count). The molecule has 13 heavy (non-hydrogen) atoms. The Labute approximate surface area is 74.8 Å². The van der Waals surface area contributed by atoms with Crippen LogP contribution in [-0.2, 0) is 4.79 Å². The normalized spacial score (nSPS) is 26.8. The number of carboxylic acid groups (broad SMARTS) is 1. The molecule has 1 aliphatic rings. The van der Waals surface area contributed by atoms with Crippen LogP contribution >= 0.6 is 0 Å². The standard InChI is InChI=1S/C8H10N2O3/c1-4-9-7(13-10-4)5-2-3-6(5)8(11)12/h5-6H,2-3H2,1H3,(H,11,12). The molecule has 1 fully saturated rings. The Bertz CT molecular complexity index is 334. The summed E-state index contributed by atoms with van der Waals surface area (Å²) in [6.45, 7) is 1.72. The number of carbonyl (C=O) groups is 1. The lowest BCUT2D eigenvalue weighted by molar-refractivity contribution is -0.146. The molecule has 70 valence electrons. The predicted octanol–water partition coefficient (Wildman–Crippen LogP) is 0.956. The van der Waals surface area contributed by atoms with Crippen molar-refractivity contribution in [2.24, 2.45) is 5.92 Å². The number of hydrogen-bond donors (Lipinski definition) is 1. The van der Waals surface area contributed by atoms with Crippen LogP contribution in [0.25, 0.3) is 0 Å². The fourth-order valence-electron chi connectivity index (χ4n) is 1.55. The smallest absolute Gasteiger partial charge is 0.307 e. The van der Waals surface area contributed by atoms with Gasteiger partial charge in [0.2, 0.25) is 5.89 Å². The second kappa shape index (κ2) is 2.83. The molecule has 0 saturated heterocycles. The van der Waals surface area contributed by atoms with Crippen LogP contribution in [-0.4, -0.2) is 21.2 Å². The third kappa shape index (κ3) is 1.30. The Hall–Kier alpha value is -1.39. The summed E-state index contributed by atoms with van der Waals surface area (Å²) in [6.07, 6.45) is 1.54. The van der Waals surface area contributed by atoms with E-state index in [2.05, 4.69) is 10.1 Å². The van der Waals surface area contributed by atoms with E-state index in [0.29, 0.717) is 18.1 Å². The Morgan fingerprint density at radius 2 is 2.38 bits per heavy atom. The zero-order chi connectivity index (χ0) is 9.42. The number of aromatic nitrogens is 2. The minimum absolute atomic E-state index is 0.0706. The maximum Gasteiger partial charge on any atom is 0.307 e. The molecule has 0 radical (unpaired) electrons. The topological polar surface area (TPSA) is 76.2 Å². The lowest BCUT2D eigenvalue weighted by Crippen LogP contribution is -2.31. The molecule has 2 unspecified atom stereocenters. The van der Waals surface area contributed by atoms with Crippen molar-refractivity contribution in [2.75, 3.05) is 0 Å². The zero-order valence-corrected chi connectivity index (χ0v) is 7.23. The average molecular weight is 182 g/mol. The fourth-order valence-corrected chi connectivity index (χ4v) is 1.55. The first-order valence-electron chi connectivity index (χ1n) is 4.21. The van der Waals surface area contributed by atoms with Crippen molar-refractivity contribution < 1.29 is 14.4 Å². The monoisotopic (exact) mass is 182 g/mol. The maximum absolute atomic E-state index is 10.7. The Balaban J connectivity index is 2.14. The van der Waals surface area contributed by atoms with Gasteiger partial charge in [0.15, 0.2) is 5.82 Å². The summed E-state index contributed by atoms with van der Waals surface area (Å²) >= 11 is 0. The van der Waals surface area contributed by atoms with E-state index < -0.39 is 5.97 Å². The summed E-state index contributed by atoms with van der Waals surface area (Å²) in [6, 6.07) is 0. The van der Waals surface area contributed by atoms with Crippen molar-refractivity contribution in [3.63, 3.8) is 0 Å². The van der Waals surface area contributed by atoms with Gasteiger partial charge in [0, 0.05) is 0 Å². The van der Waals surface area contributed by atoms with Gasteiger partial charge < -0.3 is 9.63 Å². The number of aliphatic carboxylic acids is 1. The third-order valence-electron chi connectivity index (χ3n) is 2.45. The minimum Gasteiger partial charge on any atom is -0.481 e. The molecule has 1 aromatic heterocycles. The minimum atomic E-state index is -0.771. The SMILES string of the molecule is Cc1noc(C2CCC2C(=O)O)n1. The van der Waals surface area contributed by atoms with Crippen molar-refractivity contribution >= 4 is 5.97 Å². The highest BCUT2D eigenvalue weighted by Crippen LogP contribution is 2.41. The summed E-state index contributed by atoms with van der Waals surface area (Å²) in [5.41, 5.74) is 0. The van der Waals surface area contributed by atoms with Crippen molar-refractivity contribution in [1.29, 1.82) is 0 Å². The van der Waals surface area contributed by atoms with Gasteiger partial charge >= 0.3 is 5.97 Å². The molecular formula is C8H10N2O3. The summed E-state index contributed by atoms with van der Waals surface area (Å²) in [5, 5.41) is 12.4. The summed E-state index contributed by atoms with van der Waals surface area (Å²) in [5.74, 6) is -0.146. The highest BCUT2D eigenvalue weighted by molar-refractivity contribution is 5.72. The first kappa shape index (κ1) is 8.22. The average Bonchev–Trinajstić information content (AvgIpc) is 2.32. The van der Waals surface area contributed by atoms with E-state index >= 15 is 0 Å².